The van der Waals surface area contributed by atoms with E-state index in [0.717, 1.165) is 58.5 Å². The van der Waals surface area contributed by atoms with E-state index in [2.05, 4.69) is 24.2 Å². The molecule has 2 rings (SSSR count). The molecule has 2 heterocycles. The molecule has 2 aliphatic heterocycles. The molecule has 7 heteroatoms. The summed E-state index contributed by atoms with van der Waals surface area (Å²) in [6.07, 6.45) is 3.89. The van der Waals surface area contributed by atoms with Crippen LogP contribution in [0.1, 0.15) is 32.6 Å². The average molecular weight is 370 g/mol. The number of amides is 1. The van der Waals surface area contributed by atoms with Gasteiger partial charge in [-0.2, -0.15) is 0 Å². The summed E-state index contributed by atoms with van der Waals surface area (Å²) in [6.45, 7) is 7.97. The molecule has 1 amide bonds. The van der Waals surface area contributed by atoms with Gasteiger partial charge in [0.05, 0.1) is 0 Å². The minimum absolute atomic E-state index is 0. The highest BCUT2D eigenvalue weighted by atomic mass is 35.5. The van der Waals surface area contributed by atoms with Crippen LogP contribution >= 0.6 is 24.8 Å². The van der Waals surface area contributed by atoms with Crippen LogP contribution < -0.4 is 5.32 Å². The number of likely N-dealkylation sites (tertiary alicyclic amines) is 1. The molecule has 0 aromatic rings. The van der Waals surface area contributed by atoms with Crippen LogP contribution in [0, 0.1) is 5.92 Å². The van der Waals surface area contributed by atoms with Crippen LogP contribution in [-0.4, -0.2) is 74.7 Å². The Morgan fingerprint density at radius 3 is 2.57 bits per heavy atom. The molecular weight excluding hydrogens is 337 g/mol. The highest BCUT2D eigenvalue weighted by Crippen LogP contribution is 2.28. The second-order valence-electron chi connectivity index (χ2n) is 6.62. The molecule has 0 aliphatic carbocycles. The largest absolute Gasteiger partial charge is 0.368 e. The monoisotopic (exact) mass is 369 g/mol. The van der Waals surface area contributed by atoms with E-state index in [1.54, 1.807) is 7.11 Å². The van der Waals surface area contributed by atoms with E-state index in [9.17, 15) is 4.79 Å². The van der Waals surface area contributed by atoms with Gasteiger partial charge < -0.3 is 19.9 Å². The summed E-state index contributed by atoms with van der Waals surface area (Å²) in [5, 5.41) is 3.31. The number of halogens is 2. The minimum Gasteiger partial charge on any atom is -0.368 e. The normalized spacial score (nSPS) is 23.3. The van der Waals surface area contributed by atoms with Gasteiger partial charge in [0.2, 0.25) is 0 Å². The number of carbonyl (C=O) groups is 1. The second-order valence-corrected chi connectivity index (χ2v) is 6.62. The first-order valence-corrected chi connectivity index (χ1v) is 8.35. The number of nitrogens with zero attached hydrogens (tertiary/aromatic N) is 2. The van der Waals surface area contributed by atoms with Gasteiger partial charge in [-0.15, -0.1) is 24.8 Å². The Labute approximate surface area is 153 Å². The first-order valence-electron chi connectivity index (χ1n) is 8.35. The Hall–Kier alpha value is -0.0700. The fraction of sp³-hybridized carbons (Fsp3) is 0.938. The summed E-state index contributed by atoms with van der Waals surface area (Å²) in [7, 11) is 3.86. The zero-order valence-corrected chi connectivity index (χ0v) is 16.3. The van der Waals surface area contributed by atoms with E-state index in [1.165, 1.54) is 6.42 Å². The fourth-order valence-electron chi connectivity index (χ4n) is 3.70. The topological polar surface area (TPSA) is 44.8 Å². The van der Waals surface area contributed by atoms with Gasteiger partial charge in [0.25, 0.3) is 5.91 Å². The number of ether oxygens (including phenoxy) is 1. The Bertz CT molecular complexity index is 352. The summed E-state index contributed by atoms with van der Waals surface area (Å²) in [5.41, 5.74) is -0.574. The number of carbonyl (C=O) groups excluding carboxylic acids is 1. The van der Waals surface area contributed by atoms with Gasteiger partial charge in [0, 0.05) is 26.7 Å². The van der Waals surface area contributed by atoms with Crippen molar-refractivity contribution in [1.29, 1.82) is 0 Å². The maximum atomic E-state index is 12.9. The standard InChI is InChI=1S/C16H31N3O2.2ClH/c1-4-10-18(2)12-14-5-11-19(13-14)15(20)16(21-3)6-8-17-9-7-16;;/h14,17H,4-13H2,1-3H3;2*1H. The molecule has 0 saturated carbocycles. The summed E-state index contributed by atoms with van der Waals surface area (Å²) in [6, 6.07) is 0. The van der Waals surface area contributed by atoms with Crippen molar-refractivity contribution in [2.45, 2.75) is 38.2 Å². The maximum Gasteiger partial charge on any atom is 0.254 e. The summed E-state index contributed by atoms with van der Waals surface area (Å²) in [5.74, 6) is 0.827. The molecule has 1 unspecified atom stereocenters. The van der Waals surface area contributed by atoms with Crippen molar-refractivity contribution in [3.05, 3.63) is 0 Å². The van der Waals surface area contributed by atoms with Gasteiger partial charge in [0.1, 0.15) is 5.60 Å². The van der Waals surface area contributed by atoms with Crippen LogP contribution in [0.15, 0.2) is 0 Å². The van der Waals surface area contributed by atoms with Crippen molar-refractivity contribution in [2.24, 2.45) is 5.92 Å². The molecule has 0 radical (unpaired) electrons. The van der Waals surface area contributed by atoms with Gasteiger partial charge in [-0.25, -0.2) is 0 Å². The Kier molecular flexibility index (Phi) is 10.7. The zero-order valence-electron chi connectivity index (χ0n) is 14.7. The smallest absolute Gasteiger partial charge is 0.254 e. The zero-order chi connectivity index (χ0) is 15.3. The van der Waals surface area contributed by atoms with E-state index in [4.69, 9.17) is 4.74 Å². The molecule has 2 aliphatic rings. The predicted molar refractivity (Wildman–Crippen MR) is 98.8 cm³/mol. The number of hydrogen-bond acceptors (Lipinski definition) is 4. The molecular formula is C16H33Cl2N3O2. The highest BCUT2D eigenvalue weighted by molar-refractivity contribution is 5.86. The molecule has 138 valence electrons. The summed E-state index contributed by atoms with van der Waals surface area (Å²) < 4.78 is 5.67. The SMILES string of the molecule is CCCN(C)CC1CCN(C(=O)C2(OC)CCNCC2)C1.Cl.Cl. The first-order chi connectivity index (χ1) is 10.1. The number of piperidine rings is 1. The van der Waals surface area contributed by atoms with E-state index in [-0.39, 0.29) is 30.7 Å². The van der Waals surface area contributed by atoms with Crippen molar-refractivity contribution in [3.8, 4) is 0 Å². The first kappa shape index (κ1) is 22.9. The Morgan fingerprint density at radius 2 is 2.00 bits per heavy atom. The van der Waals surface area contributed by atoms with Crippen LogP contribution in [0.2, 0.25) is 0 Å². The summed E-state index contributed by atoms with van der Waals surface area (Å²) >= 11 is 0. The van der Waals surface area contributed by atoms with E-state index >= 15 is 0 Å². The second kappa shape index (κ2) is 10.7. The van der Waals surface area contributed by atoms with Crippen LogP contribution in [-0.2, 0) is 9.53 Å². The Morgan fingerprint density at radius 1 is 1.35 bits per heavy atom. The summed E-state index contributed by atoms with van der Waals surface area (Å²) in [4.78, 5) is 17.3. The maximum absolute atomic E-state index is 12.9. The lowest BCUT2D eigenvalue weighted by Crippen LogP contribution is -2.55. The van der Waals surface area contributed by atoms with E-state index < -0.39 is 5.60 Å². The van der Waals surface area contributed by atoms with Crippen LogP contribution in [0.3, 0.4) is 0 Å². The molecule has 0 aromatic heterocycles. The molecule has 0 spiro atoms. The lowest BCUT2D eigenvalue weighted by atomic mass is 9.90. The van der Waals surface area contributed by atoms with Crippen LogP contribution in [0.5, 0.6) is 0 Å². The predicted octanol–water partition coefficient (Wildman–Crippen LogP) is 1.79. The molecule has 5 nitrogen and oxygen atoms in total. The molecule has 1 atom stereocenters. The molecule has 1 N–H and O–H groups in total. The van der Waals surface area contributed by atoms with Crippen molar-refractivity contribution < 1.29 is 9.53 Å². The van der Waals surface area contributed by atoms with Gasteiger partial charge in [-0.3, -0.25) is 4.79 Å². The van der Waals surface area contributed by atoms with Gasteiger partial charge in [0.15, 0.2) is 0 Å². The number of nitrogens with one attached hydrogen (secondary N) is 1. The van der Waals surface area contributed by atoms with E-state index in [1.807, 2.05) is 4.90 Å². The van der Waals surface area contributed by atoms with Gasteiger partial charge >= 0.3 is 0 Å². The molecule has 0 aromatic carbocycles. The Balaban J connectivity index is 0.00000242. The molecule has 2 saturated heterocycles. The quantitative estimate of drug-likeness (QED) is 0.774. The van der Waals surface area contributed by atoms with Crippen molar-refractivity contribution in [3.63, 3.8) is 0 Å². The van der Waals surface area contributed by atoms with Crippen molar-refractivity contribution >= 4 is 30.7 Å². The lowest BCUT2D eigenvalue weighted by Gasteiger charge is -2.37. The van der Waals surface area contributed by atoms with Crippen LogP contribution in [0.25, 0.3) is 0 Å². The average Bonchev–Trinajstić information content (AvgIpc) is 2.95. The minimum atomic E-state index is -0.574. The number of hydrogen-bond donors (Lipinski definition) is 1. The van der Waals surface area contributed by atoms with Gasteiger partial charge in [-0.1, -0.05) is 6.92 Å². The third kappa shape index (κ3) is 5.75. The fourth-order valence-corrected chi connectivity index (χ4v) is 3.70. The number of methoxy groups -OCH3 is 1. The molecule has 23 heavy (non-hydrogen) atoms. The lowest BCUT2D eigenvalue weighted by molar-refractivity contribution is -0.157. The number of rotatable bonds is 6. The van der Waals surface area contributed by atoms with E-state index in [0.29, 0.717) is 5.92 Å². The highest BCUT2D eigenvalue weighted by Gasteiger charge is 2.44. The molecule has 2 fully saturated rings. The third-order valence-electron chi connectivity index (χ3n) is 4.94. The van der Waals surface area contributed by atoms with Crippen molar-refractivity contribution in [2.75, 3.05) is 53.4 Å². The molecule has 0 bridgehead atoms. The third-order valence-corrected chi connectivity index (χ3v) is 4.94. The van der Waals surface area contributed by atoms with Crippen molar-refractivity contribution in [1.82, 2.24) is 15.1 Å². The van der Waals surface area contributed by atoms with Gasteiger partial charge in [-0.05, 0) is 58.3 Å². The van der Waals surface area contributed by atoms with Crippen LogP contribution in [0.4, 0.5) is 0 Å².